The number of aryl methyl sites for hydroxylation is 1. The molecule has 3 aromatic rings. The molecule has 21 heavy (non-hydrogen) atoms. The predicted octanol–water partition coefficient (Wildman–Crippen LogP) is 4.40. The summed E-state index contributed by atoms with van der Waals surface area (Å²) in [7, 11) is 0. The van der Waals surface area contributed by atoms with Crippen molar-refractivity contribution in [3.63, 3.8) is 0 Å². The zero-order valence-corrected chi connectivity index (χ0v) is 12.4. The lowest BCUT2D eigenvalue weighted by Crippen LogP contribution is -2.01. The van der Waals surface area contributed by atoms with Crippen molar-refractivity contribution in [2.24, 2.45) is 0 Å². The molecule has 2 aromatic heterocycles. The van der Waals surface area contributed by atoms with Crippen LogP contribution in [-0.4, -0.2) is 16.1 Å². The van der Waals surface area contributed by atoms with E-state index in [1.54, 1.807) is 25.1 Å². The molecule has 106 valence electrons. The van der Waals surface area contributed by atoms with Gasteiger partial charge in [0.2, 0.25) is 0 Å². The van der Waals surface area contributed by atoms with E-state index in [0.717, 1.165) is 0 Å². The highest BCUT2D eigenvalue weighted by Gasteiger charge is 2.17. The molecule has 2 heterocycles. The molecule has 0 spiro atoms. The summed E-state index contributed by atoms with van der Waals surface area (Å²) in [6.45, 7) is 1.70. The third-order valence-corrected chi connectivity index (χ3v) is 3.49. The Morgan fingerprint density at radius 2 is 2.10 bits per heavy atom. The summed E-state index contributed by atoms with van der Waals surface area (Å²) in [4.78, 5) is 15.6. The monoisotopic (exact) mass is 349 g/mol. The van der Waals surface area contributed by atoms with E-state index < -0.39 is 11.8 Å². The van der Waals surface area contributed by atoms with Crippen LogP contribution in [-0.2, 0) is 0 Å². The van der Waals surface area contributed by atoms with Crippen LogP contribution in [0.1, 0.15) is 15.9 Å². The molecular formula is C15H9BrFNO3. The number of fused-ring (bicyclic) bond motifs is 1. The van der Waals surface area contributed by atoms with Gasteiger partial charge in [0.15, 0.2) is 10.4 Å². The molecule has 0 aliphatic rings. The number of aromatic nitrogens is 1. The van der Waals surface area contributed by atoms with Crippen LogP contribution in [0.4, 0.5) is 4.39 Å². The molecule has 0 saturated carbocycles. The van der Waals surface area contributed by atoms with Gasteiger partial charge in [-0.3, -0.25) is 0 Å². The van der Waals surface area contributed by atoms with Gasteiger partial charge < -0.3 is 9.52 Å². The number of nitrogens with zero attached hydrogens (tertiary/aromatic N) is 1. The number of hydrogen-bond acceptors (Lipinski definition) is 3. The number of furan rings is 1. The van der Waals surface area contributed by atoms with Crippen molar-refractivity contribution in [3.05, 3.63) is 51.9 Å². The summed E-state index contributed by atoms with van der Waals surface area (Å²) >= 11 is 3.17. The van der Waals surface area contributed by atoms with Gasteiger partial charge in [0.25, 0.3) is 0 Å². The van der Waals surface area contributed by atoms with Gasteiger partial charge in [-0.05, 0) is 58.7 Å². The molecule has 1 N–H and O–H groups in total. The van der Waals surface area contributed by atoms with Gasteiger partial charge in [0, 0.05) is 5.39 Å². The second kappa shape index (κ2) is 4.96. The Morgan fingerprint density at radius 3 is 2.71 bits per heavy atom. The average molecular weight is 350 g/mol. The number of carbonyl (C=O) groups is 1. The molecule has 0 unspecified atom stereocenters. The SMILES string of the molecule is Cc1cc(F)c2nc(-c3ccc(Br)o3)cc(C(=O)O)c2c1. The maximum absolute atomic E-state index is 14.1. The van der Waals surface area contributed by atoms with Crippen molar-refractivity contribution in [1.29, 1.82) is 0 Å². The Labute approximate surface area is 127 Å². The maximum Gasteiger partial charge on any atom is 0.336 e. The molecule has 0 radical (unpaired) electrons. The third kappa shape index (κ3) is 2.42. The zero-order chi connectivity index (χ0) is 15.1. The van der Waals surface area contributed by atoms with Gasteiger partial charge in [-0.1, -0.05) is 0 Å². The van der Waals surface area contributed by atoms with Crippen LogP contribution in [0.5, 0.6) is 0 Å². The molecule has 0 saturated heterocycles. The first-order valence-electron chi connectivity index (χ1n) is 6.05. The van der Waals surface area contributed by atoms with Crippen LogP contribution in [0.25, 0.3) is 22.4 Å². The highest BCUT2D eigenvalue weighted by molar-refractivity contribution is 9.10. The Morgan fingerprint density at radius 1 is 1.33 bits per heavy atom. The molecule has 6 heteroatoms. The normalized spacial score (nSPS) is 11.0. The van der Waals surface area contributed by atoms with Gasteiger partial charge in [0.05, 0.1) is 5.56 Å². The van der Waals surface area contributed by atoms with Crippen LogP contribution < -0.4 is 0 Å². The van der Waals surface area contributed by atoms with Crippen LogP contribution in [0.3, 0.4) is 0 Å². The lowest BCUT2D eigenvalue weighted by atomic mass is 10.0. The number of pyridine rings is 1. The van der Waals surface area contributed by atoms with Crippen molar-refractivity contribution >= 4 is 32.8 Å². The summed E-state index contributed by atoms with van der Waals surface area (Å²) in [6, 6.07) is 7.61. The van der Waals surface area contributed by atoms with E-state index in [1.807, 2.05) is 0 Å². The first-order valence-corrected chi connectivity index (χ1v) is 6.85. The number of rotatable bonds is 2. The van der Waals surface area contributed by atoms with E-state index in [1.165, 1.54) is 12.1 Å². The number of carboxylic acid groups (broad SMARTS) is 1. The van der Waals surface area contributed by atoms with Crippen molar-refractivity contribution in [2.45, 2.75) is 6.92 Å². The minimum Gasteiger partial charge on any atom is -0.478 e. The summed E-state index contributed by atoms with van der Waals surface area (Å²) in [6.07, 6.45) is 0. The van der Waals surface area contributed by atoms with Gasteiger partial charge in [-0.25, -0.2) is 14.2 Å². The fraction of sp³-hybridized carbons (Fsp3) is 0.0667. The lowest BCUT2D eigenvalue weighted by molar-refractivity contribution is 0.0699. The minimum atomic E-state index is -1.14. The third-order valence-electron chi connectivity index (χ3n) is 3.07. The molecule has 0 fully saturated rings. The van der Waals surface area contributed by atoms with E-state index >= 15 is 0 Å². The van der Waals surface area contributed by atoms with E-state index in [0.29, 0.717) is 16.0 Å². The van der Waals surface area contributed by atoms with Crippen molar-refractivity contribution < 1.29 is 18.7 Å². The Kier molecular flexibility index (Phi) is 3.25. The number of halogens is 2. The summed E-state index contributed by atoms with van der Waals surface area (Å²) < 4.78 is 19.9. The minimum absolute atomic E-state index is 0.00915. The summed E-state index contributed by atoms with van der Waals surface area (Å²) in [5.41, 5.74) is 0.916. The first kappa shape index (κ1) is 13.8. The quantitative estimate of drug-likeness (QED) is 0.744. The van der Waals surface area contributed by atoms with Gasteiger partial charge in [-0.2, -0.15) is 0 Å². The zero-order valence-electron chi connectivity index (χ0n) is 10.9. The molecule has 1 aromatic carbocycles. The standard InChI is InChI=1S/C15H9BrFNO3/c1-7-4-8-9(15(19)20)6-11(12-2-3-13(16)21-12)18-14(8)10(17)5-7/h2-6H,1H3,(H,19,20). The second-order valence-corrected chi connectivity index (χ2v) is 5.39. The van der Waals surface area contributed by atoms with Crippen molar-refractivity contribution in [3.8, 4) is 11.5 Å². The lowest BCUT2D eigenvalue weighted by Gasteiger charge is -2.07. The summed E-state index contributed by atoms with van der Waals surface area (Å²) in [5.74, 6) is -1.33. The fourth-order valence-electron chi connectivity index (χ4n) is 2.18. The molecule has 3 rings (SSSR count). The van der Waals surface area contributed by atoms with Gasteiger partial charge in [0.1, 0.15) is 17.0 Å². The Bertz CT molecular complexity index is 873. The van der Waals surface area contributed by atoms with E-state index in [2.05, 4.69) is 20.9 Å². The van der Waals surface area contributed by atoms with Crippen LogP contribution >= 0.6 is 15.9 Å². The Hall–Kier alpha value is -2.21. The Balaban J connectivity index is 2.37. The highest BCUT2D eigenvalue weighted by Crippen LogP contribution is 2.29. The maximum atomic E-state index is 14.1. The molecule has 0 atom stereocenters. The number of carboxylic acids is 1. The molecule has 0 aliphatic carbocycles. The first-order chi connectivity index (χ1) is 9.95. The van der Waals surface area contributed by atoms with E-state index in [-0.39, 0.29) is 22.2 Å². The van der Waals surface area contributed by atoms with E-state index in [9.17, 15) is 14.3 Å². The molecule has 0 aliphatic heterocycles. The molecule has 0 amide bonds. The smallest absolute Gasteiger partial charge is 0.336 e. The van der Waals surface area contributed by atoms with Crippen molar-refractivity contribution in [2.75, 3.05) is 0 Å². The average Bonchev–Trinajstić information content (AvgIpc) is 2.84. The van der Waals surface area contributed by atoms with Crippen LogP contribution in [0, 0.1) is 12.7 Å². The van der Waals surface area contributed by atoms with E-state index in [4.69, 9.17) is 4.42 Å². The largest absolute Gasteiger partial charge is 0.478 e. The number of hydrogen-bond donors (Lipinski definition) is 1. The molecule has 0 bridgehead atoms. The highest BCUT2D eigenvalue weighted by atomic mass is 79.9. The van der Waals surface area contributed by atoms with Crippen LogP contribution in [0.15, 0.2) is 39.4 Å². The predicted molar refractivity (Wildman–Crippen MR) is 78.8 cm³/mol. The topological polar surface area (TPSA) is 63.3 Å². The van der Waals surface area contributed by atoms with Gasteiger partial charge >= 0.3 is 5.97 Å². The number of aromatic carboxylic acids is 1. The second-order valence-electron chi connectivity index (χ2n) is 4.61. The summed E-state index contributed by atoms with van der Waals surface area (Å²) in [5, 5.41) is 9.62. The van der Waals surface area contributed by atoms with Crippen LogP contribution in [0.2, 0.25) is 0 Å². The van der Waals surface area contributed by atoms with Crippen molar-refractivity contribution in [1.82, 2.24) is 4.98 Å². The number of benzene rings is 1. The molecule has 4 nitrogen and oxygen atoms in total. The molecular weight excluding hydrogens is 341 g/mol. The van der Waals surface area contributed by atoms with Gasteiger partial charge in [-0.15, -0.1) is 0 Å². The fourth-order valence-corrected chi connectivity index (χ4v) is 2.48.